The molecule has 0 aromatic heterocycles. The van der Waals surface area contributed by atoms with Crippen molar-refractivity contribution in [2.45, 2.75) is 6.04 Å². The smallest absolute Gasteiger partial charge is 0.319 e. The molecule has 0 bridgehead atoms. The largest absolute Gasteiger partial charge is 0.508 e. The standard InChI is InChI=1S/C20H18N2O3/c23-17-11-16(12-18(24)13-17)21-20(25)22-19(14-7-3-1-4-8-14)15-9-5-2-6-10-15/h1-13,19,23-24H,(H2,21,22,25). The lowest BCUT2D eigenvalue weighted by molar-refractivity contribution is 0.250. The number of amides is 2. The van der Waals surface area contributed by atoms with Gasteiger partial charge in [0, 0.05) is 23.9 Å². The number of rotatable bonds is 4. The zero-order valence-corrected chi connectivity index (χ0v) is 13.4. The molecule has 126 valence electrons. The van der Waals surface area contributed by atoms with E-state index in [1.54, 1.807) is 0 Å². The fraction of sp³-hybridized carbons (Fsp3) is 0.0500. The first-order chi connectivity index (χ1) is 12.1. The predicted molar refractivity (Wildman–Crippen MR) is 96.7 cm³/mol. The van der Waals surface area contributed by atoms with Crippen molar-refractivity contribution in [3.8, 4) is 11.5 Å². The Labute approximate surface area is 145 Å². The summed E-state index contributed by atoms with van der Waals surface area (Å²) in [5.41, 5.74) is 2.19. The number of anilines is 1. The fourth-order valence-corrected chi connectivity index (χ4v) is 2.62. The van der Waals surface area contributed by atoms with E-state index in [2.05, 4.69) is 10.6 Å². The van der Waals surface area contributed by atoms with Gasteiger partial charge in [-0.3, -0.25) is 0 Å². The third-order valence-electron chi connectivity index (χ3n) is 3.70. The molecule has 0 aliphatic rings. The second-order valence-electron chi connectivity index (χ2n) is 5.59. The van der Waals surface area contributed by atoms with Crippen molar-refractivity contribution in [2.24, 2.45) is 0 Å². The van der Waals surface area contributed by atoms with Gasteiger partial charge in [0.15, 0.2) is 0 Å². The van der Waals surface area contributed by atoms with Gasteiger partial charge in [-0.25, -0.2) is 4.79 Å². The van der Waals surface area contributed by atoms with E-state index in [9.17, 15) is 15.0 Å². The van der Waals surface area contributed by atoms with Crippen molar-refractivity contribution >= 4 is 11.7 Å². The molecule has 0 fully saturated rings. The van der Waals surface area contributed by atoms with Gasteiger partial charge >= 0.3 is 6.03 Å². The van der Waals surface area contributed by atoms with Gasteiger partial charge in [-0.15, -0.1) is 0 Å². The number of carbonyl (C=O) groups excluding carboxylic acids is 1. The summed E-state index contributed by atoms with van der Waals surface area (Å²) in [6.45, 7) is 0. The average Bonchev–Trinajstić information content (AvgIpc) is 2.60. The van der Waals surface area contributed by atoms with Crippen LogP contribution in [0.5, 0.6) is 11.5 Å². The van der Waals surface area contributed by atoms with E-state index >= 15 is 0 Å². The van der Waals surface area contributed by atoms with Crippen LogP contribution in [-0.2, 0) is 0 Å². The lowest BCUT2D eigenvalue weighted by Crippen LogP contribution is -2.33. The number of nitrogens with one attached hydrogen (secondary N) is 2. The Bertz CT molecular complexity index is 792. The number of hydrogen-bond acceptors (Lipinski definition) is 3. The second-order valence-corrected chi connectivity index (χ2v) is 5.59. The van der Waals surface area contributed by atoms with Gasteiger partial charge in [0.25, 0.3) is 0 Å². The summed E-state index contributed by atoms with van der Waals surface area (Å²) in [6.07, 6.45) is 0. The molecule has 5 heteroatoms. The van der Waals surface area contributed by atoms with E-state index in [1.807, 2.05) is 60.7 Å². The minimum absolute atomic E-state index is 0.127. The average molecular weight is 334 g/mol. The maximum absolute atomic E-state index is 12.4. The van der Waals surface area contributed by atoms with Crippen molar-refractivity contribution in [1.29, 1.82) is 0 Å². The van der Waals surface area contributed by atoms with Crippen molar-refractivity contribution in [3.63, 3.8) is 0 Å². The minimum atomic E-state index is -0.442. The summed E-state index contributed by atoms with van der Waals surface area (Å²) >= 11 is 0. The quantitative estimate of drug-likeness (QED) is 0.582. The molecule has 3 aromatic carbocycles. The summed E-state index contributed by atoms with van der Waals surface area (Å²) in [6, 6.07) is 22.4. The summed E-state index contributed by atoms with van der Waals surface area (Å²) in [5.74, 6) is -0.254. The summed E-state index contributed by atoms with van der Waals surface area (Å²) < 4.78 is 0. The van der Waals surface area contributed by atoms with E-state index in [0.29, 0.717) is 5.69 Å². The number of carbonyl (C=O) groups is 1. The molecule has 0 atom stereocenters. The van der Waals surface area contributed by atoms with Gasteiger partial charge in [0.1, 0.15) is 11.5 Å². The first-order valence-corrected chi connectivity index (χ1v) is 7.82. The number of hydrogen-bond donors (Lipinski definition) is 4. The number of aromatic hydroxyl groups is 2. The molecular formula is C20H18N2O3. The lowest BCUT2D eigenvalue weighted by Gasteiger charge is -2.20. The van der Waals surface area contributed by atoms with Crippen LogP contribution in [0.25, 0.3) is 0 Å². The molecule has 0 saturated carbocycles. The van der Waals surface area contributed by atoms with Gasteiger partial charge in [0.2, 0.25) is 0 Å². The Morgan fingerprint density at radius 2 is 1.24 bits per heavy atom. The highest BCUT2D eigenvalue weighted by molar-refractivity contribution is 5.90. The Hall–Kier alpha value is -3.47. The number of benzene rings is 3. The normalized spacial score (nSPS) is 10.4. The molecule has 0 radical (unpaired) electrons. The Kier molecular flexibility index (Phi) is 4.85. The molecule has 0 aliphatic carbocycles. The molecule has 5 nitrogen and oxygen atoms in total. The van der Waals surface area contributed by atoms with Crippen LogP contribution in [0.1, 0.15) is 17.2 Å². The maximum atomic E-state index is 12.4. The van der Waals surface area contributed by atoms with Crippen molar-refractivity contribution in [2.75, 3.05) is 5.32 Å². The third kappa shape index (κ3) is 4.29. The first kappa shape index (κ1) is 16.4. The Balaban J connectivity index is 1.81. The molecular weight excluding hydrogens is 316 g/mol. The number of phenols is 2. The van der Waals surface area contributed by atoms with Gasteiger partial charge in [-0.2, -0.15) is 0 Å². The van der Waals surface area contributed by atoms with Gasteiger partial charge in [-0.05, 0) is 11.1 Å². The zero-order valence-electron chi connectivity index (χ0n) is 13.4. The van der Waals surface area contributed by atoms with Crippen LogP contribution in [-0.4, -0.2) is 16.2 Å². The summed E-state index contributed by atoms with van der Waals surface area (Å²) in [4.78, 5) is 12.4. The Morgan fingerprint density at radius 1 is 0.760 bits per heavy atom. The first-order valence-electron chi connectivity index (χ1n) is 7.82. The van der Waals surface area contributed by atoms with Crippen LogP contribution in [0.3, 0.4) is 0 Å². The second kappa shape index (κ2) is 7.40. The van der Waals surface area contributed by atoms with Crippen LogP contribution < -0.4 is 10.6 Å². The van der Waals surface area contributed by atoms with Crippen LogP contribution in [0.4, 0.5) is 10.5 Å². The van der Waals surface area contributed by atoms with Crippen molar-refractivity contribution < 1.29 is 15.0 Å². The van der Waals surface area contributed by atoms with Crippen LogP contribution in [0.2, 0.25) is 0 Å². The van der Waals surface area contributed by atoms with Gasteiger partial charge in [0.05, 0.1) is 6.04 Å². The van der Waals surface area contributed by atoms with Crippen LogP contribution in [0, 0.1) is 0 Å². The van der Waals surface area contributed by atoms with E-state index in [1.165, 1.54) is 18.2 Å². The molecule has 0 unspecified atom stereocenters. The molecule has 4 N–H and O–H groups in total. The van der Waals surface area contributed by atoms with E-state index < -0.39 is 6.03 Å². The van der Waals surface area contributed by atoms with E-state index in [-0.39, 0.29) is 17.5 Å². The zero-order chi connectivity index (χ0) is 17.6. The molecule has 0 aliphatic heterocycles. The van der Waals surface area contributed by atoms with Crippen LogP contribution in [0.15, 0.2) is 78.9 Å². The summed E-state index contributed by atoms with van der Waals surface area (Å²) in [5, 5.41) is 24.6. The highest BCUT2D eigenvalue weighted by Crippen LogP contribution is 2.25. The SMILES string of the molecule is O=C(Nc1cc(O)cc(O)c1)NC(c1ccccc1)c1ccccc1. The predicted octanol–water partition coefficient (Wildman–Crippen LogP) is 4.01. The highest BCUT2D eigenvalue weighted by Gasteiger charge is 2.16. The molecule has 3 aromatic rings. The van der Waals surface area contributed by atoms with E-state index in [4.69, 9.17) is 0 Å². The lowest BCUT2D eigenvalue weighted by atomic mass is 9.99. The molecule has 0 spiro atoms. The maximum Gasteiger partial charge on any atom is 0.319 e. The molecule has 3 rings (SSSR count). The molecule has 0 saturated heterocycles. The van der Waals surface area contributed by atoms with Crippen LogP contribution >= 0.6 is 0 Å². The number of phenolic OH excluding ortho intramolecular Hbond substituents is 2. The summed E-state index contributed by atoms with van der Waals surface area (Å²) in [7, 11) is 0. The number of urea groups is 1. The Morgan fingerprint density at radius 3 is 1.72 bits per heavy atom. The minimum Gasteiger partial charge on any atom is -0.508 e. The van der Waals surface area contributed by atoms with Crippen molar-refractivity contribution in [1.82, 2.24) is 5.32 Å². The van der Waals surface area contributed by atoms with Gasteiger partial charge < -0.3 is 20.8 Å². The molecule has 0 heterocycles. The van der Waals surface area contributed by atoms with Gasteiger partial charge in [-0.1, -0.05) is 60.7 Å². The third-order valence-corrected chi connectivity index (χ3v) is 3.70. The monoisotopic (exact) mass is 334 g/mol. The highest BCUT2D eigenvalue weighted by atomic mass is 16.3. The molecule has 25 heavy (non-hydrogen) atoms. The fourth-order valence-electron chi connectivity index (χ4n) is 2.62. The van der Waals surface area contributed by atoms with E-state index in [0.717, 1.165) is 11.1 Å². The molecule has 2 amide bonds. The topological polar surface area (TPSA) is 81.6 Å². The van der Waals surface area contributed by atoms with Crippen molar-refractivity contribution in [3.05, 3.63) is 90.0 Å².